The lowest BCUT2D eigenvalue weighted by molar-refractivity contribution is 0.352. The molecular weight excluding hydrogens is 258 g/mol. The average molecular weight is 270 g/mol. The average Bonchev–Trinajstić information content (AvgIpc) is 2.26. The molecule has 0 saturated heterocycles. The van der Waals surface area contributed by atoms with Gasteiger partial charge in [-0.2, -0.15) is 4.98 Å². The highest BCUT2D eigenvalue weighted by Gasteiger charge is 2.04. The maximum atomic E-state index is 5.23. The van der Waals surface area contributed by atoms with Gasteiger partial charge in [0.25, 0.3) is 0 Å². The van der Waals surface area contributed by atoms with Gasteiger partial charge in [0.05, 0.1) is 10.7 Å². The van der Waals surface area contributed by atoms with E-state index in [1.807, 2.05) is 0 Å². The van der Waals surface area contributed by atoms with Crippen molar-refractivity contribution < 1.29 is 4.74 Å². The molecule has 5 heteroatoms. The largest absolute Gasteiger partial charge is 0.464 e. The van der Waals surface area contributed by atoms with Crippen LogP contribution in [-0.2, 0) is 0 Å². The lowest BCUT2D eigenvalue weighted by Crippen LogP contribution is -2.06. The number of hydrogen-bond acceptors (Lipinski definition) is 4. The molecule has 1 heterocycles. The van der Waals surface area contributed by atoms with Crippen LogP contribution < -0.4 is 10.1 Å². The number of ether oxygens (including phenoxy) is 1. The standard InChI is InChI=1S/C10H12BrN3O/c1-3-5-12-10-13-7-8(11)9(14-10)15-6-4-2/h2,7H,3,5-6H2,1H3,(H,12,13,14). The van der Waals surface area contributed by atoms with Gasteiger partial charge in [0.2, 0.25) is 11.8 Å². The molecule has 0 saturated carbocycles. The Morgan fingerprint density at radius 2 is 2.47 bits per heavy atom. The minimum Gasteiger partial charge on any atom is -0.464 e. The van der Waals surface area contributed by atoms with E-state index in [2.05, 4.69) is 44.1 Å². The van der Waals surface area contributed by atoms with Gasteiger partial charge in [-0.1, -0.05) is 12.8 Å². The molecule has 0 radical (unpaired) electrons. The van der Waals surface area contributed by atoms with Gasteiger partial charge in [-0.05, 0) is 22.4 Å². The number of halogens is 1. The molecule has 1 N–H and O–H groups in total. The van der Waals surface area contributed by atoms with Gasteiger partial charge in [0, 0.05) is 6.54 Å². The van der Waals surface area contributed by atoms with E-state index in [-0.39, 0.29) is 6.61 Å². The number of anilines is 1. The zero-order chi connectivity index (χ0) is 11.1. The van der Waals surface area contributed by atoms with E-state index >= 15 is 0 Å². The summed E-state index contributed by atoms with van der Waals surface area (Å²) in [6.45, 7) is 3.10. The van der Waals surface area contributed by atoms with Crippen LogP contribution in [0.2, 0.25) is 0 Å². The molecule has 0 unspecified atom stereocenters. The summed E-state index contributed by atoms with van der Waals surface area (Å²) in [6.07, 6.45) is 7.74. The SMILES string of the molecule is C#CCOc1nc(NCCC)ncc1Br. The fraction of sp³-hybridized carbons (Fsp3) is 0.400. The normalized spacial score (nSPS) is 9.40. The van der Waals surface area contributed by atoms with Crippen LogP contribution in [0.5, 0.6) is 5.88 Å². The lowest BCUT2D eigenvalue weighted by Gasteiger charge is -2.06. The predicted octanol–water partition coefficient (Wildman–Crippen LogP) is 2.07. The van der Waals surface area contributed by atoms with Gasteiger partial charge in [-0.15, -0.1) is 6.42 Å². The monoisotopic (exact) mass is 269 g/mol. The number of aromatic nitrogens is 2. The van der Waals surface area contributed by atoms with Crippen molar-refractivity contribution in [2.75, 3.05) is 18.5 Å². The molecule has 0 amide bonds. The van der Waals surface area contributed by atoms with Crippen LogP contribution in [-0.4, -0.2) is 23.1 Å². The fourth-order valence-electron chi connectivity index (χ4n) is 0.885. The number of terminal acetylenes is 1. The molecule has 0 bridgehead atoms. The number of nitrogens with one attached hydrogen (secondary N) is 1. The topological polar surface area (TPSA) is 47.0 Å². The highest BCUT2D eigenvalue weighted by molar-refractivity contribution is 9.10. The zero-order valence-electron chi connectivity index (χ0n) is 8.46. The van der Waals surface area contributed by atoms with Gasteiger partial charge in [0.15, 0.2) is 6.61 Å². The van der Waals surface area contributed by atoms with Crippen LogP contribution in [0.3, 0.4) is 0 Å². The lowest BCUT2D eigenvalue weighted by atomic mass is 10.5. The van der Waals surface area contributed by atoms with Crippen LogP contribution in [0.15, 0.2) is 10.7 Å². The molecule has 80 valence electrons. The van der Waals surface area contributed by atoms with Crippen LogP contribution in [0.4, 0.5) is 5.95 Å². The van der Waals surface area contributed by atoms with Crippen molar-refractivity contribution in [2.45, 2.75) is 13.3 Å². The number of rotatable bonds is 5. The molecule has 0 aromatic carbocycles. The van der Waals surface area contributed by atoms with Crippen molar-refractivity contribution in [3.63, 3.8) is 0 Å². The van der Waals surface area contributed by atoms with E-state index < -0.39 is 0 Å². The first kappa shape index (κ1) is 11.8. The Hall–Kier alpha value is -1.28. The second-order valence-electron chi connectivity index (χ2n) is 2.77. The summed E-state index contributed by atoms with van der Waals surface area (Å²) in [6, 6.07) is 0. The Morgan fingerprint density at radius 3 is 3.13 bits per heavy atom. The van der Waals surface area contributed by atoms with Crippen molar-refractivity contribution in [2.24, 2.45) is 0 Å². The molecule has 4 nitrogen and oxygen atoms in total. The minimum atomic E-state index is 0.197. The Balaban J connectivity index is 2.72. The zero-order valence-corrected chi connectivity index (χ0v) is 10.0. The van der Waals surface area contributed by atoms with Crippen molar-refractivity contribution in [3.05, 3.63) is 10.7 Å². The Bertz CT molecular complexity index is 362. The molecule has 0 fully saturated rings. The van der Waals surface area contributed by atoms with E-state index in [1.54, 1.807) is 6.20 Å². The van der Waals surface area contributed by atoms with Gasteiger partial charge < -0.3 is 10.1 Å². The maximum absolute atomic E-state index is 5.23. The summed E-state index contributed by atoms with van der Waals surface area (Å²) in [5.74, 6) is 3.39. The molecule has 0 spiro atoms. The molecule has 0 atom stereocenters. The molecule has 1 aromatic heterocycles. The summed E-state index contributed by atoms with van der Waals surface area (Å²) >= 11 is 3.28. The van der Waals surface area contributed by atoms with Crippen molar-refractivity contribution in [3.8, 4) is 18.2 Å². The van der Waals surface area contributed by atoms with Crippen LogP contribution in [0.25, 0.3) is 0 Å². The summed E-state index contributed by atoms with van der Waals surface area (Å²) in [7, 11) is 0. The van der Waals surface area contributed by atoms with Crippen molar-refractivity contribution >= 4 is 21.9 Å². The first-order chi connectivity index (χ1) is 7.27. The smallest absolute Gasteiger partial charge is 0.233 e. The molecule has 0 aliphatic rings. The first-order valence-corrected chi connectivity index (χ1v) is 5.40. The first-order valence-electron chi connectivity index (χ1n) is 4.60. The third-order valence-electron chi connectivity index (χ3n) is 1.54. The Labute approximate surface area is 97.6 Å². The van der Waals surface area contributed by atoms with Gasteiger partial charge in [0.1, 0.15) is 0 Å². The minimum absolute atomic E-state index is 0.197. The maximum Gasteiger partial charge on any atom is 0.233 e. The van der Waals surface area contributed by atoms with Gasteiger partial charge >= 0.3 is 0 Å². The Kier molecular flexibility index (Phi) is 4.91. The van der Waals surface area contributed by atoms with Gasteiger partial charge in [-0.3, -0.25) is 0 Å². The summed E-state index contributed by atoms with van der Waals surface area (Å²) in [5.41, 5.74) is 0. The summed E-state index contributed by atoms with van der Waals surface area (Å²) in [5, 5.41) is 3.06. The molecule has 1 aromatic rings. The highest BCUT2D eigenvalue weighted by Crippen LogP contribution is 2.22. The molecule has 0 aliphatic carbocycles. The number of nitrogens with zero attached hydrogens (tertiary/aromatic N) is 2. The van der Waals surface area contributed by atoms with E-state index in [9.17, 15) is 0 Å². The van der Waals surface area contributed by atoms with Crippen LogP contribution in [0, 0.1) is 12.3 Å². The fourth-order valence-corrected chi connectivity index (χ4v) is 1.19. The molecule has 1 rings (SSSR count). The molecule has 15 heavy (non-hydrogen) atoms. The third-order valence-corrected chi connectivity index (χ3v) is 2.08. The Morgan fingerprint density at radius 1 is 1.67 bits per heavy atom. The van der Waals surface area contributed by atoms with E-state index in [0.29, 0.717) is 16.3 Å². The third kappa shape index (κ3) is 3.76. The summed E-state index contributed by atoms with van der Waals surface area (Å²) in [4.78, 5) is 8.24. The van der Waals surface area contributed by atoms with Crippen LogP contribution >= 0.6 is 15.9 Å². The highest BCUT2D eigenvalue weighted by atomic mass is 79.9. The van der Waals surface area contributed by atoms with E-state index in [4.69, 9.17) is 11.2 Å². The molecular formula is C10H12BrN3O. The quantitative estimate of drug-likeness (QED) is 0.832. The number of hydrogen-bond donors (Lipinski definition) is 1. The predicted molar refractivity (Wildman–Crippen MR) is 62.8 cm³/mol. The summed E-state index contributed by atoms with van der Waals surface area (Å²) < 4.78 is 5.93. The second-order valence-corrected chi connectivity index (χ2v) is 3.62. The van der Waals surface area contributed by atoms with Crippen molar-refractivity contribution in [1.82, 2.24) is 9.97 Å². The van der Waals surface area contributed by atoms with Crippen LogP contribution in [0.1, 0.15) is 13.3 Å². The van der Waals surface area contributed by atoms with Crippen molar-refractivity contribution in [1.29, 1.82) is 0 Å². The van der Waals surface area contributed by atoms with Gasteiger partial charge in [-0.25, -0.2) is 4.98 Å². The molecule has 0 aliphatic heterocycles. The second kappa shape index (κ2) is 6.25. The van der Waals surface area contributed by atoms with E-state index in [0.717, 1.165) is 13.0 Å². The van der Waals surface area contributed by atoms with E-state index in [1.165, 1.54) is 0 Å².